The van der Waals surface area contributed by atoms with Gasteiger partial charge in [-0.25, -0.2) is 4.98 Å². The van der Waals surface area contributed by atoms with E-state index in [9.17, 15) is 4.79 Å². The molecule has 1 amide bonds. The topological polar surface area (TPSA) is 75.6 Å². The van der Waals surface area contributed by atoms with E-state index < -0.39 is 0 Å². The third kappa shape index (κ3) is 4.26. The van der Waals surface area contributed by atoms with E-state index in [1.807, 2.05) is 41.2 Å². The molecule has 0 radical (unpaired) electrons. The van der Waals surface area contributed by atoms with Gasteiger partial charge in [0.25, 0.3) is 0 Å². The number of imidazole rings is 1. The van der Waals surface area contributed by atoms with Crippen molar-refractivity contribution in [2.24, 2.45) is 5.92 Å². The Morgan fingerprint density at radius 3 is 2.88 bits per heavy atom. The lowest BCUT2D eigenvalue weighted by Gasteiger charge is -2.22. The minimum atomic E-state index is -0.102. The van der Waals surface area contributed by atoms with Crippen LogP contribution in [-0.2, 0) is 11.3 Å². The molecule has 0 bridgehead atoms. The first-order valence-corrected chi connectivity index (χ1v) is 8.88. The van der Waals surface area contributed by atoms with Crippen LogP contribution in [0, 0.1) is 5.92 Å². The molecule has 1 aromatic carbocycles. The Hall–Kier alpha value is -2.63. The quantitative estimate of drug-likeness (QED) is 0.660. The third-order valence-electron chi connectivity index (χ3n) is 4.58. The van der Waals surface area contributed by atoms with E-state index in [1.165, 1.54) is 0 Å². The molecule has 6 nitrogen and oxygen atoms in total. The number of benzene rings is 1. The van der Waals surface area contributed by atoms with Crippen LogP contribution in [0.25, 0.3) is 11.0 Å². The number of carbonyl (C=O) groups is 1. The fourth-order valence-electron chi connectivity index (χ4n) is 2.92. The van der Waals surface area contributed by atoms with Crippen molar-refractivity contribution in [2.75, 3.05) is 0 Å². The predicted molar refractivity (Wildman–Crippen MR) is 97.9 cm³/mol. The monoisotopic (exact) mass is 339 g/mol. The highest BCUT2D eigenvalue weighted by molar-refractivity contribution is 5.77. The number of carbonyl (C=O) groups excluding carboxylic acids is 1. The van der Waals surface area contributed by atoms with Gasteiger partial charge in [-0.3, -0.25) is 9.48 Å². The summed E-state index contributed by atoms with van der Waals surface area (Å²) >= 11 is 0. The van der Waals surface area contributed by atoms with E-state index in [-0.39, 0.29) is 11.9 Å². The first-order chi connectivity index (χ1) is 12.2. The molecule has 2 heterocycles. The molecule has 2 atom stereocenters. The minimum absolute atomic E-state index is 0.0536. The zero-order valence-corrected chi connectivity index (χ0v) is 14.8. The second kappa shape index (κ2) is 7.96. The van der Waals surface area contributed by atoms with E-state index >= 15 is 0 Å². The van der Waals surface area contributed by atoms with Crippen LogP contribution in [-0.4, -0.2) is 25.7 Å². The van der Waals surface area contributed by atoms with Crippen LogP contribution in [0.3, 0.4) is 0 Å². The summed E-state index contributed by atoms with van der Waals surface area (Å²) in [5, 5.41) is 7.32. The zero-order valence-electron chi connectivity index (χ0n) is 14.8. The molecule has 0 aliphatic rings. The van der Waals surface area contributed by atoms with Crippen molar-refractivity contribution in [3.63, 3.8) is 0 Å². The van der Waals surface area contributed by atoms with Gasteiger partial charge in [-0.05, 0) is 30.5 Å². The lowest BCUT2D eigenvalue weighted by Crippen LogP contribution is -2.33. The molecule has 132 valence electrons. The largest absolute Gasteiger partial charge is 0.346 e. The second-order valence-corrected chi connectivity index (χ2v) is 6.44. The first kappa shape index (κ1) is 17.2. The number of amides is 1. The van der Waals surface area contributed by atoms with Gasteiger partial charge in [0.1, 0.15) is 5.82 Å². The first-order valence-electron chi connectivity index (χ1n) is 8.88. The molecule has 3 aromatic rings. The minimum Gasteiger partial charge on any atom is -0.346 e. The van der Waals surface area contributed by atoms with Gasteiger partial charge in [-0.1, -0.05) is 32.4 Å². The Balaban J connectivity index is 1.64. The summed E-state index contributed by atoms with van der Waals surface area (Å²) in [6, 6.07) is 9.73. The van der Waals surface area contributed by atoms with Crippen LogP contribution in [0.2, 0.25) is 0 Å². The Morgan fingerprint density at radius 1 is 1.32 bits per heavy atom. The van der Waals surface area contributed by atoms with Crippen molar-refractivity contribution >= 4 is 16.9 Å². The van der Waals surface area contributed by atoms with E-state index in [4.69, 9.17) is 0 Å². The van der Waals surface area contributed by atoms with Gasteiger partial charge in [0.2, 0.25) is 5.91 Å². The van der Waals surface area contributed by atoms with Gasteiger partial charge >= 0.3 is 0 Å². The summed E-state index contributed by atoms with van der Waals surface area (Å²) in [6.45, 7) is 5.02. The SMILES string of the molecule is CCC(C)C(NC(=O)CCCn1cccn1)c1nc2ccccc2[nH]1. The number of para-hydroxylation sites is 2. The number of nitrogens with zero attached hydrogens (tertiary/aromatic N) is 3. The van der Waals surface area contributed by atoms with Crippen LogP contribution in [0.4, 0.5) is 0 Å². The molecule has 25 heavy (non-hydrogen) atoms. The maximum Gasteiger partial charge on any atom is 0.220 e. The number of H-pyrrole nitrogens is 1. The number of hydrogen-bond acceptors (Lipinski definition) is 3. The van der Waals surface area contributed by atoms with Gasteiger partial charge in [0.15, 0.2) is 0 Å². The van der Waals surface area contributed by atoms with Gasteiger partial charge in [0, 0.05) is 25.4 Å². The van der Waals surface area contributed by atoms with Crippen LogP contribution < -0.4 is 5.32 Å². The maximum atomic E-state index is 12.4. The Kier molecular flexibility index (Phi) is 5.48. The molecule has 2 unspecified atom stereocenters. The van der Waals surface area contributed by atoms with Gasteiger partial charge < -0.3 is 10.3 Å². The number of aromatic amines is 1. The van der Waals surface area contributed by atoms with Gasteiger partial charge in [-0.2, -0.15) is 5.10 Å². The van der Waals surface area contributed by atoms with Gasteiger partial charge in [-0.15, -0.1) is 0 Å². The fraction of sp³-hybridized carbons (Fsp3) is 0.421. The lowest BCUT2D eigenvalue weighted by atomic mass is 9.98. The van der Waals surface area contributed by atoms with Crippen LogP contribution >= 0.6 is 0 Å². The van der Waals surface area contributed by atoms with Crippen LogP contribution in [0.5, 0.6) is 0 Å². The number of aryl methyl sites for hydroxylation is 1. The second-order valence-electron chi connectivity index (χ2n) is 6.44. The molecular weight excluding hydrogens is 314 g/mol. The number of nitrogens with one attached hydrogen (secondary N) is 2. The molecule has 6 heteroatoms. The molecule has 2 aromatic heterocycles. The third-order valence-corrected chi connectivity index (χ3v) is 4.58. The van der Waals surface area contributed by atoms with Crippen molar-refractivity contribution in [2.45, 2.75) is 45.7 Å². The zero-order chi connectivity index (χ0) is 17.6. The van der Waals surface area contributed by atoms with E-state index in [0.717, 1.165) is 36.2 Å². The van der Waals surface area contributed by atoms with Crippen molar-refractivity contribution in [1.82, 2.24) is 25.1 Å². The Morgan fingerprint density at radius 2 is 2.16 bits per heavy atom. The molecule has 0 aliphatic heterocycles. The highest BCUT2D eigenvalue weighted by atomic mass is 16.1. The number of rotatable bonds is 8. The molecule has 0 fully saturated rings. The van der Waals surface area contributed by atoms with Crippen LogP contribution in [0.1, 0.15) is 45.0 Å². The molecule has 0 saturated carbocycles. The Bertz CT molecular complexity index is 775. The summed E-state index contributed by atoms with van der Waals surface area (Å²) in [4.78, 5) is 20.4. The average Bonchev–Trinajstić information content (AvgIpc) is 3.28. The van der Waals surface area contributed by atoms with Crippen molar-refractivity contribution < 1.29 is 4.79 Å². The predicted octanol–water partition coefficient (Wildman–Crippen LogP) is 3.44. The summed E-state index contributed by atoms with van der Waals surface area (Å²) in [7, 11) is 0. The van der Waals surface area contributed by atoms with Crippen LogP contribution in [0.15, 0.2) is 42.7 Å². The standard InChI is InChI=1S/C19H25N5O/c1-3-14(2)18(19-21-15-8-4-5-9-16(15)22-19)23-17(25)10-6-12-24-13-7-11-20-24/h4-5,7-9,11,13-14,18H,3,6,10,12H2,1-2H3,(H,21,22)(H,23,25). The Labute approximate surface area is 147 Å². The highest BCUT2D eigenvalue weighted by Gasteiger charge is 2.23. The molecule has 3 rings (SSSR count). The lowest BCUT2D eigenvalue weighted by molar-refractivity contribution is -0.122. The maximum absolute atomic E-state index is 12.4. The average molecular weight is 339 g/mol. The highest BCUT2D eigenvalue weighted by Crippen LogP contribution is 2.24. The molecule has 0 aliphatic carbocycles. The summed E-state index contributed by atoms with van der Waals surface area (Å²) < 4.78 is 1.85. The summed E-state index contributed by atoms with van der Waals surface area (Å²) in [5.41, 5.74) is 1.93. The smallest absolute Gasteiger partial charge is 0.220 e. The summed E-state index contributed by atoms with van der Waals surface area (Å²) in [5.74, 6) is 1.18. The summed E-state index contributed by atoms with van der Waals surface area (Å²) in [6.07, 6.45) is 5.87. The van der Waals surface area contributed by atoms with E-state index in [2.05, 4.69) is 34.2 Å². The molecule has 0 saturated heterocycles. The van der Waals surface area contributed by atoms with Gasteiger partial charge in [0.05, 0.1) is 17.1 Å². The van der Waals surface area contributed by atoms with E-state index in [0.29, 0.717) is 12.3 Å². The number of fused-ring (bicyclic) bond motifs is 1. The van der Waals surface area contributed by atoms with Crippen molar-refractivity contribution in [3.8, 4) is 0 Å². The molecule has 0 spiro atoms. The van der Waals surface area contributed by atoms with Crippen molar-refractivity contribution in [3.05, 3.63) is 48.5 Å². The van der Waals surface area contributed by atoms with E-state index in [1.54, 1.807) is 6.20 Å². The number of hydrogen-bond donors (Lipinski definition) is 2. The van der Waals surface area contributed by atoms with Crippen molar-refractivity contribution in [1.29, 1.82) is 0 Å². The normalized spacial score (nSPS) is 13.7. The fourth-order valence-corrected chi connectivity index (χ4v) is 2.92. The molecular formula is C19H25N5O. The number of aromatic nitrogens is 4. The molecule has 2 N–H and O–H groups in total.